The van der Waals surface area contributed by atoms with E-state index in [1.165, 1.54) is 6.21 Å². The molecule has 9 heteroatoms. The highest BCUT2D eigenvalue weighted by atomic mass is 16.6. The molecule has 0 bridgehead atoms. The van der Waals surface area contributed by atoms with Gasteiger partial charge in [0.2, 0.25) is 5.88 Å². The number of carbonyl (C=O) groups is 1. The molecule has 2 aromatic carbocycles. The van der Waals surface area contributed by atoms with Crippen LogP contribution >= 0.6 is 0 Å². The Kier molecular flexibility index (Phi) is 9.58. The van der Waals surface area contributed by atoms with Gasteiger partial charge in [-0.1, -0.05) is 51.0 Å². The lowest BCUT2D eigenvalue weighted by atomic mass is 10.1. The van der Waals surface area contributed by atoms with E-state index in [0.29, 0.717) is 18.5 Å². The number of hydrogen-bond acceptors (Lipinski definition) is 7. The van der Waals surface area contributed by atoms with Crippen LogP contribution in [-0.4, -0.2) is 53.5 Å². The zero-order valence-electron chi connectivity index (χ0n) is 21.6. The van der Waals surface area contributed by atoms with Crippen LogP contribution in [0.25, 0.3) is 10.9 Å². The van der Waals surface area contributed by atoms with Gasteiger partial charge in [0.05, 0.1) is 25.5 Å². The lowest BCUT2D eigenvalue weighted by molar-refractivity contribution is -0.122. The maximum atomic E-state index is 12.2. The molecule has 1 aromatic heterocycles. The normalized spacial score (nSPS) is 12.1. The second-order valence-electron chi connectivity index (χ2n) is 9.46. The summed E-state index contributed by atoms with van der Waals surface area (Å²) in [7, 11) is 1.60. The van der Waals surface area contributed by atoms with Crippen LogP contribution < -0.4 is 4.74 Å². The molecule has 0 aliphatic heterocycles. The van der Waals surface area contributed by atoms with Crippen LogP contribution in [0.4, 0.5) is 5.69 Å². The molecule has 0 radical (unpaired) electrons. The summed E-state index contributed by atoms with van der Waals surface area (Å²) >= 11 is 0. The Morgan fingerprint density at radius 1 is 1.06 bits per heavy atom. The third kappa shape index (κ3) is 7.39. The number of aromatic hydroxyl groups is 1. The van der Waals surface area contributed by atoms with Gasteiger partial charge in [-0.15, -0.1) is 10.2 Å². The Bertz CT molecular complexity index is 1190. The van der Waals surface area contributed by atoms with Crippen LogP contribution in [0.5, 0.6) is 11.6 Å². The first-order valence-corrected chi connectivity index (χ1v) is 12.0. The molecule has 9 nitrogen and oxygen atoms in total. The number of methoxy groups -OCH3 is 1. The van der Waals surface area contributed by atoms with Gasteiger partial charge in [0, 0.05) is 18.5 Å². The van der Waals surface area contributed by atoms with E-state index >= 15 is 0 Å². The van der Waals surface area contributed by atoms with Crippen molar-refractivity contribution in [3.8, 4) is 11.6 Å². The van der Waals surface area contributed by atoms with Crippen molar-refractivity contribution in [1.82, 2.24) is 9.47 Å². The molecule has 1 N–H and O–H groups in total. The Morgan fingerprint density at radius 2 is 1.72 bits per heavy atom. The zero-order chi connectivity index (χ0) is 26.1. The fourth-order valence-electron chi connectivity index (χ4n) is 3.95. The topological polar surface area (TPSA) is 101 Å². The van der Waals surface area contributed by atoms with Crippen molar-refractivity contribution in [3.63, 3.8) is 0 Å². The molecule has 0 aliphatic rings. The van der Waals surface area contributed by atoms with Gasteiger partial charge in [-0.3, -0.25) is 14.3 Å². The van der Waals surface area contributed by atoms with E-state index in [-0.39, 0.29) is 18.2 Å². The molecule has 1 heterocycles. The highest BCUT2D eigenvalue weighted by Crippen LogP contribution is 2.39. The van der Waals surface area contributed by atoms with Crippen LogP contribution in [0.2, 0.25) is 0 Å². The van der Waals surface area contributed by atoms with Crippen LogP contribution in [0.15, 0.2) is 63.9 Å². The number of hydrogen-bond donors (Lipinski definition) is 1. The third-order valence-corrected chi connectivity index (χ3v) is 5.35. The first-order chi connectivity index (χ1) is 17.3. The minimum atomic E-state index is -0.612. The predicted octanol–water partition coefficient (Wildman–Crippen LogP) is 5.59. The second-order valence-corrected chi connectivity index (χ2v) is 9.46. The van der Waals surface area contributed by atoms with Crippen molar-refractivity contribution in [2.24, 2.45) is 27.2 Å². The van der Waals surface area contributed by atoms with E-state index < -0.39 is 5.91 Å². The minimum absolute atomic E-state index is 0.0243. The summed E-state index contributed by atoms with van der Waals surface area (Å²) in [5.41, 5.74) is 1.88. The quantitative estimate of drug-likeness (QED) is 0.201. The van der Waals surface area contributed by atoms with E-state index in [1.807, 2.05) is 41.0 Å². The molecule has 0 unspecified atom stereocenters. The van der Waals surface area contributed by atoms with Gasteiger partial charge >= 0.3 is 5.91 Å². The summed E-state index contributed by atoms with van der Waals surface area (Å²) in [5, 5.41) is 23.4. The van der Waals surface area contributed by atoms with Crippen LogP contribution in [-0.2, 0) is 16.3 Å². The third-order valence-electron chi connectivity index (χ3n) is 5.35. The molecule has 192 valence electrons. The molecule has 0 saturated carbocycles. The lowest BCUT2D eigenvalue weighted by Crippen LogP contribution is -2.33. The van der Waals surface area contributed by atoms with E-state index in [2.05, 4.69) is 48.0 Å². The number of aromatic nitrogens is 1. The Labute approximate surface area is 212 Å². The Hall–Kier alpha value is -3.72. The summed E-state index contributed by atoms with van der Waals surface area (Å²) in [5.74, 6) is 1.07. The van der Waals surface area contributed by atoms with Crippen molar-refractivity contribution in [2.45, 2.75) is 34.4 Å². The summed E-state index contributed by atoms with van der Waals surface area (Å²) < 4.78 is 6.92. The summed E-state index contributed by atoms with van der Waals surface area (Å²) in [6, 6.07) is 14.8. The van der Waals surface area contributed by atoms with Gasteiger partial charge in [0.25, 0.3) is 0 Å². The highest BCUT2D eigenvalue weighted by Gasteiger charge is 2.19. The first kappa shape index (κ1) is 26.9. The molecule has 36 heavy (non-hydrogen) atoms. The Morgan fingerprint density at radius 3 is 2.36 bits per heavy atom. The number of rotatable bonds is 12. The molecule has 0 spiro atoms. The van der Waals surface area contributed by atoms with Crippen LogP contribution in [0.3, 0.4) is 0 Å². The van der Waals surface area contributed by atoms with Gasteiger partial charge in [-0.05, 0) is 47.7 Å². The van der Waals surface area contributed by atoms with Crippen molar-refractivity contribution >= 4 is 28.7 Å². The number of carbonyl (C=O) groups excluding carboxylic acids is 1. The van der Waals surface area contributed by atoms with E-state index in [4.69, 9.17) is 9.57 Å². The average Bonchev–Trinajstić information content (AvgIpc) is 3.10. The van der Waals surface area contributed by atoms with Gasteiger partial charge < -0.3 is 14.7 Å². The van der Waals surface area contributed by atoms with Crippen molar-refractivity contribution in [2.75, 3.05) is 26.8 Å². The number of oxime groups is 1. The number of azo groups is 1. The standard InChI is InChI=1S/C27H35N5O4/c1-19(2)15-31(16-20(3)4)18-32-24-9-7-6-8-23(24)26(27(32)34)30-29-25(33)17-36-28-14-21-10-12-22(35-5)13-11-21/h6-14,19-20,34H,15-18H2,1-5H3/b28-14-,30-29?. The predicted molar refractivity (Wildman–Crippen MR) is 141 cm³/mol. The number of para-hydroxylation sites is 1. The molecule has 0 fully saturated rings. The van der Waals surface area contributed by atoms with E-state index in [1.54, 1.807) is 19.2 Å². The summed E-state index contributed by atoms with van der Waals surface area (Å²) in [6.45, 7) is 10.6. The molecule has 0 saturated heterocycles. The van der Waals surface area contributed by atoms with E-state index in [0.717, 1.165) is 35.3 Å². The second kappa shape index (κ2) is 12.8. The fourth-order valence-corrected chi connectivity index (χ4v) is 3.95. The van der Waals surface area contributed by atoms with Crippen LogP contribution in [0.1, 0.15) is 33.3 Å². The van der Waals surface area contributed by atoms with Gasteiger partial charge in [0.1, 0.15) is 5.75 Å². The SMILES string of the molecule is COc1ccc(/C=N\OCC(=O)N=Nc2c(O)n(CN(CC(C)C)CC(C)C)c3ccccc23)cc1. The van der Waals surface area contributed by atoms with Gasteiger partial charge in [-0.2, -0.15) is 0 Å². The molecular weight excluding hydrogens is 458 g/mol. The zero-order valence-corrected chi connectivity index (χ0v) is 21.6. The molecule has 0 atom stereocenters. The van der Waals surface area contributed by atoms with Crippen molar-refractivity contribution in [3.05, 3.63) is 54.1 Å². The number of benzene rings is 2. The first-order valence-electron chi connectivity index (χ1n) is 12.0. The number of fused-ring (bicyclic) bond motifs is 1. The van der Waals surface area contributed by atoms with E-state index in [9.17, 15) is 9.90 Å². The van der Waals surface area contributed by atoms with Crippen molar-refractivity contribution in [1.29, 1.82) is 0 Å². The van der Waals surface area contributed by atoms with Gasteiger partial charge in [0.15, 0.2) is 12.3 Å². The van der Waals surface area contributed by atoms with Crippen molar-refractivity contribution < 1.29 is 19.5 Å². The summed E-state index contributed by atoms with van der Waals surface area (Å²) in [4.78, 5) is 19.6. The maximum absolute atomic E-state index is 12.2. The fraction of sp³-hybridized carbons (Fsp3) is 0.407. The smallest absolute Gasteiger partial charge is 0.304 e. The number of nitrogens with zero attached hydrogens (tertiary/aromatic N) is 5. The average molecular weight is 494 g/mol. The maximum Gasteiger partial charge on any atom is 0.304 e. The summed E-state index contributed by atoms with van der Waals surface area (Å²) in [6.07, 6.45) is 1.49. The molecule has 3 rings (SSSR count). The number of ether oxygens (including phenoxy) is 1. The highest BCUT2D eigenvalue weighted by molar-refractivity contribution is 5.95. The molecule has 0 aliphatic carbocycles. The monoisotopic (exact) mass is 493 g/mol. The molecule has 3 aromatic rings. The lowest BCUT2D eigenvalue weighted by Gasteiger charge is -2.27. The Balaban J connectivity index is 1.71. The number of amides is 1. The largest absolute Gasteiger partial charge is 0.497 e. The van der Waals surface area contributed by atoms with Crippen LogP contribution in [0, 0.1) is 11.8 Å². The molecule has 1 amide bonds. The molecular formula is C27H35N5O4. The van der Waals surface area contributed by atoms with Gasteiger partial charge in [-0.25, -0.2) is 0 Å². The minimum Gasteiger partial charge on any atom is -0.497 e.